The van der Waals surface area contributed by atoms with E-state index in [-0.39, 0.29) is 17.1 Å². The quantitative estimate of drug-likeness (QED) is 0.689. The van der Waals surface area contributed by atoms with Crippen molar-refractivity contribution in [3.05, 3.63) is 64.8 Å². The first-order chi connectivity index (χ1) is 11.2. The van der Waals surface area contributed by atoms with Crippen LogP contribution in [0.2, 0.25) is 5.02 Å². The molecule has 1 heterocycles. The summed E-state index contributed by atoms with van der Waals surface area (Å²) < 4.78 is 1.74. The van der Waals surface area contributed by atoms with Crippen LogP contribution in [0.3, 0.4) is 0 Å². The molecule has 24 heavy (non-hydrogen) atoms. The van der Waals surface area contributed by atoms with Gasteiger partial charge in [-0.1, -0.05) is 32.4 Å². The van der Waals surface area contributed by atoms with Gasteiger partial charge in [0.15, 0.2) is 0 Å². The molecule has 4 heteroatoms. The maximum absolute atomic E-state index is 13.1. The summed E-state index contributed by atoms with van der Waals surface area (Å²) in [6, 6.07) is 14.0. The first-order valence-corrected chi connectivity index (χ1v) is 8.26. The Morgan fingerprint density at radius 2 is 1.75 bits per heavy atom. The third-order valence-electron chi connectivity index (χ3n) is 3.87. The molecule has 124 valence electrons. The van der Waals surface area contributed by atoms with Gasteiger partial charge in [-0.25, -0.2) is 0 Å². The smallest absolute Gasteiger partial charge is 0.262 e. The number of phenolic OH excluding ortho intramolecular Hbond substituents is 1. The van der Waals surface area contributed by atoms with E-state index in [4.69, 9.17) is 11.6 Å². The van der Waals surface area contributed by atoms with Gasteiger partial charge in [-0.2, -0.15) is 0 Å². The molecular formula is C20H20ClNO2. The van der Waals surface area contributed by atoms with E-state index in [2.05, 4.69) is 20.8 Å². The summed E-state index contributed by atoms with van der Waals surface area (Å²) in [4.78, 5) is 13.1. The number of carbonyl (C=O) groups is 1. The van der Waals surface area contributed by atoms with Crippen molar-refractivity contribution in [1.29, 1.82) is 0 Å². The number of aromatic hydroxyl groups is 1. The van der Waals surface area contributed by atoms with Crippen LogP contribution in [0.15, 0.2) is 48.5 Å². The van der Waals surface area contributed by atoms with Gasteiger partial charge in [-0.15, -0.1) is 0 Å². The van der Waals surface area contributed by atoms with Gasteiger partial charge < -0.3 is 5.11 Å². The van der Waals surface area contributed by atoms with Gasteiger partial charge in [0.25, 0.3) is 5.91 Å². The molecule has 0 bridgehead atoms. The lowest BCUT2D eigenvalue weighted by Gasteiger charge is -2.19. The van der Waals surface area contributed by atoms with Crippen LogP contribution in [0, 0.1) is 5.41 Å². The third kappa shape index (κ3) is 3.31. The van der Waals surface area contributed by atoms with Gasteiger partial charge in [0.1, 0.15) is 5.75 Å². The highest BCUT2D eigenvalue weighted by molar-refractivity contribution is 6.30. The highest BCUT2D eigenvalue weighted by Gasteiger charge is 2.21. The van der Waals surface area contributed by atoms with Crippen molar-refractivity contribution in [2.24, 2.45) is 5.41 Å². The fourth-order valence-electron chi connectivity index (χ4n) is 2.89. The van der Waals surface area contributed by atoms with Gasteiger partial charge in [0.2, 0.25) is 0 Å². The second-order valence-corrected chi connectivity index (χ2v) is 7.70. The Hall–Kier alpha value is -2.26. The Balaban J connectivity index is 2.18. The topological polar surface area (TPSA) is 42.2 Å². The Morgan fingerprint density at radius 1 is 1.08 bits per heavy atom. The molecule has 0 aliphatic carbocycles. The molecule has 0 saturated carbocycles. The number of nitrogens with zero attached hydrogens (tertiary/aromatic N) is 1. The molecule has 1 N–H and O–H groups in total. The average molecular weight is 342 g/mol. The summed E-state index contributed by atoms with van der Waals surface area (Å²) in [5, 5.41) is 11.2. The summed E-state index contributed by atoms with van der Waals surface area (Å²) in [5.74, 6) is 0.104. The number of halogens is 1. The van der Waals surface area contributed by atoms with Crippen LogP contribution in [0.4, 0.5) is 0 Å². The van der Waals surface area contributed by atoms with Crippen LogP contribution in [0.1, 0.15) is 36.8 Å². The number of hydrogen-bond donors (Lipinski definition) is 1. The normalized spacial score (nSPS) is 11.8. The number of hydrogen-bond acceptors (Lipinski definition) is 2. The molecule has 0 saturated heterocycles. The lowest BCUT2D eigenvalue weighted by atomic mass is 9.90. The van der Waals surface area contributed by atoms with E-state index in [1.54, 1.807) is 47.0 Å². The summed E-state index contributed by atoms with van der Waals surface area (Å²) >= 11 is 5.93. The first-order valence-electron chi connectivity index (χ1n) is 7.88. The van der Waals surface area contributed by atoms with E-state index in [1.807, 2.05) is 6.07 Å². The Kier molecular flexibility index (Phi) is 4.14. The lowest BCUT2D eigenvalue weighted by molar-refractivity contribution is 0.0961. The third-order valence-corrected chi connectivity index (χ3v) is 4.12. The number of carbonyl (C=O) groups excluding carboxylic acids is 1. The predicted octanol–water partition coefficient (Wildman–Crippen LogP) is 5.28. The molecule has 1 aromatic heterocycles. The molecule has 0 radical (unpaired) electrons. The minimum Gasteiger partial charge on any atom is -0.508 e. The number of fused-ring (bicyclic) bond motifs is 1. The molecular weight excluding hydrogens is 322 g/mol. The van der Waals surface area contributed by atoms with Crippen molar-refractivity contribution in [2.75, 3.05) is 0 Å². The van der Waals surface area contributed by atoms with Gasteiger partial charge in [-0.05, 0) is 60.4 Å². The van der Waals surface area contributed by atoms with Crippen LogP contribution < -0.4 is 0 Å². The summed E-state index contributed by atoms with van der Waals surface area (Å²) in [6.45, 7) is 6.41. The fraction of sp³-hybridized carbons (Fsp3) is 0.250. The van der Waals surface area contributed by atoms with E-state index in [9.17, 15) is 9.90 Å². The monoisotopic (exact) mass is 341 g/mol. The summed E-state index contributed by atoms with van der Waals surface area (Å²) in [6.07, 6.45) is 0.752. The molecule has 0 fully saturated rings. The maximum Gasteiger partial charge on any atom is 0.262 e. The van der Waals surface area contributed by atoms with Crippen molar-refractivity contribution in [3.63, 3.8) is 0 Å². The largest absolute Gasteiger partial charge is 0.508 e. The van der Waals surface area contributed by atoms with E-state index in [0.29, 0.717) is 10.6 Å². The lowest BCUT2D eigenvalue weighted by Crippen LogP contribution is -2.19. The van der Waals surface area contributed by atoms with Crippen molar-refractivity contribution in [3.8, 4) is 5.75 Å². The number of phenols is 1. The summed E-state index contributed by atoms with van der Waals surface area (Å²) in [7, 11) is 0. The Labute approximate surface area is 146 Å². The Bertz CT molecular complexity index is 902. The predicted molar refractivity (Wildman–Crippen MR) is 97.9 cm³/mol. The maximum atomic E-state index is 13.1. The van der Waals surface area contributed by atoms with Gasteiger partial charge in [0.05, 0.1) is 5.52 Å². The van der Waals surface area contributed by atoms with Crippen molar-refractivity contribution in [1.82, 2.24) is 4.57 Å². The summed E-state index contributed by atoms with van der Waals surface area (Å²) in [5.41, 5.74) is 2.35. The zero-order valence-electron chi connectivity index (χ0n) is 14.0. The van der Waals surface area contributed by atoms with Crippen LogP contribution in [0.5, 0.6) is 5.75 Å². The molecule has 2 aromatic carbocycles. The second-order valence-electron chi connectivity index (χ2n) is 7.26. The van der Waals surface area contributed by atoms with Gasteiger partial charge in [0, 0.05) is 21.7 Å². The molecule has 0 amide bonds. The molecule has 0 atom stereocenters. The Morgan fingerprint density at radius 3 is 2.38 bits per heavy atom. The molecule has 3 nitrogen and oxygen atoms in total. The van der Waals surface area contributed by atoms with E-state index >= 15 is 0 Å². The minimum atomic E-state index is -0.0911. The van der Waals surface area contributed by atoms with Crippen LogP contribution in [0.25, 0.3) is 10.9 Å². The first kappa shape index (κ1) is 16.6. The minimum absolute atomic E-state index is 0.0362. The molecule has 0 unspecified atom stereocenters. The molecule has 3 aromatic rings. The van der Waals surface area contributed by atoms with Crippen molar-refractivity contribution < 1.29 is 9.90 Å². The van der Waals surface area contributed by atoms with E-state index in [1.165, 1.54) is 0 Å². The number of benzene rings is 2. The molecule has 3 rings (SSSR count). The van der Waals surface area contributed by atoms with Crippen LogP contribution in [-0.4, -0.2) is 15.6 Å². The van der Waals surface area contributed by atoms with Crippen molar-refractivity contribution >= 4 is 28.4 Å². The molecule has 0 aliphatic heterocycles. The fourth-order valence-corrected chi connectivity index (χ4v) is 3.02. The van der Waals surface area contributed by atoms with Gasteiger partial charge >= 0.3 is 0 Å². The number of rotatable bonds is 2. The average Bonchev–Trinajstić information content (AvgIpc) is 2.81. The standard InChI is InChI=1S/C20H20ClNO2/c1-20(2,3)12-16-10-14-11-17(23)8-9-18(14)22(16)19(24)13-4-6-15(21)7-5-13/h4-11,23H,12H2,1-3H3. The van der Waals surface area contributed by atoms with Crippen LogP contribution in [-0.2, 0) is 6.42 Å². The zero-order chi connectivity index (χ0) is 17.5. The highest BCUT2D eigenvalue weighted by atomic mass is 35.5. The highest BCUT2D eigenvalue weighted by Crippen LogP contribution is 2.29. The van der Waals surface area contributed by atoms with Crippen molar-refractivity contribution in [2.45, 2.75) is 27.2 Å². The zero-order valence-corrected chi connectivity index (χ0v) is 14.8. The van der Waals surface area contributed by atoms with Gasteiger partial charge in [-0.3, -0.25) is 9.36 Å². The SMILES string of the molecule is CC(C)(C)Cc1cc2cc(O)ccc2n1C(=O)c1ccc(Cl)cc1. The second kappa shape index (κ2) is 5.99. The number of aromatic nitrogens is 1. The molecule has 0 aliphatic rings. The van der Waals surface area contributed by atoms with E-state index < -0.39 is 0 Å². The molecule has 0 spiro atoms. The van der Waals surface area contributed by atoms with E-state index in [0.717, 1.165) is 23.0 Å². The van der Waals surface area contributed by atoms with Crippen LogP contribution >= 0.6 is 11.6 Å².